The van der Waals surface area contributed by atoms with Crippen LogP contribution in [0, 0.1) is 6.92 Å². The van der Waals surface area contributed by atoms with Crippen molar-refractivity contribution < 1.29 is 47.8 Å². The summed E-state index contributed by atoms with van der Waals surface area (Å²) in [6, 6.07) is 27.7. The molecular formula is C58H59N7O10. The highest BCUT2D eigenvalue weighted by Gasteiger charge is 2.38. The predicted octanol–water partition coefficient (Wildman–Crippen LogP) is 7.82. The van der Waals surface area contributed by atoms with Gasteiger partial charge in [-0.2, -0.15) is 0 Å². The Morgan fingerprint density at radius 1 is 0.640 bits per heavy atom. The lowest BCUT2D eigenvalue weighted by Crippen LogP contribution is -2.37. The van der Waals surface area contributed by atoms with E-state index in [1.54, 1.807) is 60.4 Å². The van der Waals surface area contributed by atoms with E-state index in [2.05, 4.69) is 10.6 Å². The Balaban J connectivity index is 0.889. The van der Waals surface area contributed by atoms with Gasteiger partial charge in [0.15, 0.2) is 17.3 Å². The molecule has 0 saturated heterocycles. The minimum Gasteiger partial charge on any atom is -0.493 e. The van der Waals surface area contributed by atoms with Gasteiger partial charge in [0.2, 0.25) is 17.7 Å². The normalized spacial score (nSPS) is 15.6. The Labute approximate surface area is 434 Å². The van der Waals surface area contributed by atoms with Crippen molar-refractivity contribution in [1.29, 1.82) is 0 Å². The molecule has 4 aliphatic rings. The van der Waals surface area contributed by atoms with Crippen molar-refractivity contribution in [2.75, 3.05) is 42.4 Å². The maximum absolute atomic E-state index is 14.1. The van der Waals surface area contributed by atoms with Crippen LogP contribution in [0.5, 0.6) is 17.2 Å². The number of para-hydroxylation sites is 2. The Morgan fingerprint density at radius 3 is 1.81 bits per heavy atom. The number of hydrogen-bond donors (Lipinski definition) is 2. The third-order valence-corrected chi connectivity index (χ3v) is 14.0. The molecule has 0 bridgehead atoms. The Hall–Kier alpha value is -8.47. The van der Waals surface area contributed by atoms with Crippen LogP contribution in [-0.4, -0.2) is 93.4 Å². The van der Waals surface area contributed by atoms with Gasteiger partial charge in [0.05, 0.1) is 48.2 Å². The van der Waals surface area contributed by atoms with E-state index in [9.17, 15) is 33.6 Å². The number of rotatable bonds is 21. The molecule has 0 radical (unpaired) electrons. The van der Waals surface area contributed by atoms with Gasteiger partial charge in [0.1, 0.15) is 24.7 Å². The van der Waals surface area contributed by atoms with Crippen molar-refractivity contribution in [1.82, 2.24) is 10.6 Å². The summed E-state index contributed by atoms with van der Waals surface area (Å²) in [6.45, 7) is 1.66. The average Bonchev–Trinajstić information content (AvgIpc) is 3.92. The molecule has 9 rings (SSSR count). The summed E-state index contributed by atoms with van der Waals surface area (Å²) < 4.78 is 18.7. The highest BCUT2D eigenvalue weighted by Crippen LogP contribution is 2.42. The van der Waals surface area contributed by atoms with Gasteiger partial charge in [0.25, 0.3) is 11.8 Å². The lowest BCUT2D eigenvalue weighted by Gasteiger charge is -2.22. The molecular weight excluding hydrogens is 955 g/mol. The molecule has 5 aromatic carbocycles. The number of hydrogen-bond acceptors (Lipinski definition) is 12. The van der Waals surface area contributed by atoms with Crippen LogP contribution < -0.4 is 39.5 Å². The molecule has 2 atom stereocenters. The second kappa shape index (κ2) is 22.7. The number of carbonyl (C=O) groups is 7. The summed E-state index contributed by atoms with van der Waals surface area (Å²) in [4.78, 5) is 105. The number of ketones is 2. The van der Waals surface area contributed by atoms with Crippen LogP contribution in [-0.2, 0) is 50.0 Å². The van der Waals surface area contributed by atoms with Crippen molar-refractivity contribution in [2.45, 2.75) is 96.4 Å². The standard InChI is InChI=1S/C58H59N7O10/c1-35-21-45-47(60-30-41-25-38-11-5-8-14-49(38)64(41)57(45)71)28-51(35)74-33-36-22-37(34-75-53-29-48-46(27-52(53)73-4)58(72)65-42(31-61-48)26-39-12-6-9-15-50(39)65)24-40(23-36)63(3)56(70)20-18-44(67)32-62-55(69)19-17-43(66)13-7-10-16-54(68)59-2/h5-6,8-9,11-12,14-15,21-24,27-31,41-42H,7,10,13,16-20,25-26,32-34H2,1-4H3,(H,59,68)(H,62,69)/t41-,42-/m0/s1. The van der Waals surface area contributed by atoms with E-state index >= 15 is 0 Å². The van der Waals surface area contributed by atoms with E-state index in [0.717, 1.165) is 28.1 Å². The number of nitrogens with one attached hydrogen (secondary N) is 2. The number of amides is 5. The van der Waals surface area contributed by atoms with Crippen LogP contribution in [0.1, 0.15) is 99.9 Å². The van der Waals surface area contributed by atoms with Crippen molar-refractivity contribution in [2.24, 2.45) is 9.98 Å². The monoisotopic (exact) mass is 1010 g/mol. The number of fused-ring (bicyclic) bond motifs is 8. The maximum Gasteiger partial charge on any atom is 0.261 e. The fourth-order valence-electron chi connectivity index (χ4n) is 9.86. The number of nitrogens with zero attached hydrogens (tertiary/aromatic N) is 5. The van der Waals surface area contributed by atoms with Gasteiger partial charge in [-0.25, -0.2) is 0 Å². The maximum atomic E-state index is 14.1. The lowest BCUT2D eigenvalue weighted by atomic mass is 10.1. The summed E-state index contributed by atoms with van der Waals surface area (Å²) in [5.41, 5.74) is 8.26. The van der Waals surface area contributed by atoms with Gasteiger partial charge in [0, 0.05) is 107 Å². The zero-order valence-electron chi connectivity index (χ0n) is 42.5. The second-order valence-corrected chi connectivity index (χ2v) is 19.1. The summed E-state index contributed by atoms with van der Waals surface area (Å²) >= 11 is 0. The van der Waals surface area contributed by atoms with E-state index in [-0.39, 0.29) is 99.1 Å². The Morgan fingerprint density at radius 2 is 1.20 bits per heavy atom. The van der Waals surface area contributed by atoms with Gasteiger partial charge >= 0.3 is 0 Å². The lowest BCUT2D eigenvalue weighted by molar-refractivity contribution is -0.127. The first kappa shape index (κ1) is 51.4. The smallest absolute Gasteiger partial charge is 0.261 e. The number of carbonyl (C=O) groups excluding carboxylic acids is 7. The SMILES string of the molecule is CNC(=O)CCCCC(=O)CCC(=O)NCC(=O)CCC(=O)N(C)c1cc(COc2cc3c(cc2C)C(=O)N2c4ccccc4C[C@H]2C=N3)cc(COc2cc3c(cc2OC)C(=O)N2c4ccccc4C[C@H]2C=N3)c1. The van der Waals surface area contributed by atoms with Gasteiger partial charge in [-0.1, -0.05) is 36.4 Å². The number of methoxy groups -OCH3 is 1. The molecule has 17 nitrogen and oxygen atoms in total. The fraction of sp³-hybridized carbons (Fsp3) is 0.328. The highest BCUT2D eigenvalue weighted by molar-refractivity contribution is 6.16. The Kier molecular flexibility index (Phi) is 15.6. The number of aliphatic imine (C=N–C) groups is 2. The predicted molar refractivity (Wildman–Crippen MR) is 285 cm³/mol. The fourth-order valence-corrected chi connectivity index (χ4v) is 9.86. The number of unbranched alkanes of at least 4 members (excludes halogenated alkanes) is 1. The molecule has 0 aliphatic carbocycles. The van der Waals surface area contributed by atoms with E-state index in [0.29, 0.717) is 88.7 Å². The molecule has 5 aromatic rings. The molecule has 0 aromatic heterocycles. The number of Topliss-reactive ketones (excluding diaryl/α,β-unsaturated/α-hetero) is 2. The minimum atomic E-state index is -0.441. The molecule has 4 heterocycles. The summed E-state index contributed by atoms with van der Waals surface area (Å²) in [5.74, 6) is -0.447. The molecule has 0 unspecified atom stereocenters. The molecule has 17 heteroatoms. The van der Waals surface area contributed by atoms with Crippen molar-refractivity contribution in [3.05, 3.63) is 130 Å². The van der Waals surface area contributed by atoms with Crippen molar-refractivity contribution in [3.63, 3.8) is 0 Å². The highest BCUT2D eigenvalue weighted by atomic mass is 16.5. The quantitative estimate of drug-likeness (QED) is 0.0682. The van der Waals surface area contributed by atoms with Crippen LogP contribution in [0.3, 0.4) is 0 Å². The Bertz CT molecular complexity index is 3170. The topological polar surface area (TPSA) is 206 Å². The van der Waals surface area contributed by atoms with Crippen LogP contribution in [0.15, 0.2) is 101 Å². The number of anilines is 3. The number of aryl methyl sites for hydroxylation is 1. The number of ether oxygens (including phenoxy) is 3. The first-order valence-electron chi connectivity index (χ1n) is 25.2. The van der Waals surface area contributed by atoms with E-state index in [1.165, 1.54) is 12.0 Å². The number of benzene rings is 5. The van der Waals surface area contributed by atoms with E-state index < -0.39 is 5.91 Å². The molecule has 386 valence electrons. The van der Waals surface area contributed by atoms with Crippen LogP contribution in [0.2, 0.25) is 0 Å². The molecule has 0 fully saturated rings. The van der Waals surface area contributed by atoms with Crippen LogP contribution >= 0.6 is 0 Å². The second-order valence-electron chi connectivity index (χ2n) is 19.1. The molecule has 0 saturated carbocycles. The molecule has 0 spiro atoms. The van der Waals surface area contributed by atoms with Crippen molar-refractivity contribution >= 4 is 82.0 Å². The van der Waals surface area contributed by atoms with Gasteiger partial charge in [-0.3, -0.25) is 53.3 Å². The van der Waals surface area contributed by atoms with Gasteiger partial charge < -0.3 is 29.7 Å². The van der Waals surface area contributed by atoms with E-state index in [4.69, 9.17) is 24.2 Å². The molecule has 75 heavy (non-hydrogen) atoms. The zero-order chi connectivity index (χ0) is 52.8. The molecule has 4 aliphatic heterocycles. The molecule has 2 N–H and O–H groups in total. The molecule has 5 amide bonds. The third kappa shape index (κ3) is 11.5. The van der Waals surface area contributed by atoms with Gasteiger partial charge in [-0.05, 0) is 90.0 Å². The summed E-state index contributed by atoms with van der Waals surface area (Å²) in [6.07, 6.45) is 6.35. The summed E-state index contributed by atoms with van der Waals surface area (Å²) in [5, 5.41) is 5.10. The first-order valence-corrected chi connectivity index (χ1v) is 25.2. The minimum absolute atomic E-state index is 0.00869. The van der Waals surface area contributed by atoms with E-state index in [1.807, 2.05) is 73.8 Å². The van der Waals surface area contributed by atoms with Crippen molar-refractivity contribution in [3.8, 4) is 17.2 Å². The third-order valence-electron chi connectivity index (χ3n) is 14.0. The average molecular weight is 1010 g/mol. The van der Waals surface area contributed by atoms with Crippen LogP contribution in [0.4, 0.5) is 28.4 Å². The zero-order valence-corrected chi connectivity index (χ0v) is 42.5. The largest absolute Gasteiger partial charge is 0.493 e. The van der Waals surface area contributed by atoms with Crippen LogP contribution in [0.25, 0.3) is 0 Å². The first-order chi connectivity index (χ1) is 36.3. The summed E-state index contributed by atoms with van der Waals surface area (Å²) in [7, 11) is 4.67. The van der Waals surface area contributed by atoms with Gasteiger partial charge in [-0.15, -0.1) is 0 Å².